The summed E-state index contributed by atoms with van der Waals surface area (Å²) in [4.78, 5) is 2.37. The number of aliphatic hydroxyl groups excluding tert-OH is 1. The van der Waals surface area contributed by atoms with Gasteiger partial charge in [-0.2, -0.15) is 0 Å². The molecule has 3 nitrogen and oxygen atoms in total. The Bertz CT molecular complexity index is 409. The van der Waals surface area contributed by atoms with E-state index in [0.29, 0.717) is 6.04 Å². The monoisotopic (exact) mass is 268 g/mol. The number of hydrogen-bond donors (Lipinski definition) is 2. The van der Waals surface area contributed by atoms with E-state index in [-0.39, 0.29) is 12.1 Å². The number of benzene rings is 1. The molecule has 0 bridgehead atoms. The first-order chi connectivity index (χ1) is 8.53. The lowest BCUT2D eigenvalue weighted by Gasteiger charge is -2.47. The summed E-state index contributed by atoms with van der Waals surface area (Å²) in [5, 5.41) is 13.3. The van der Waals surface area contributed by atoms with E-state index in [2.05, 4.69) is 30.1 Å². The van der Waals surface area contributed by atoms with Crippen molar-refractivity contribution in [2.45, 2.75) is 31.8 Å². The highest BCUT2D eigenvalue weighted by Gasteiger charge is 2.33. The minimum absolute atomic E-state index is 0.0522. The molecule has 4 heteroatoms. The van der Waals surface area contributed by atoms with Gasteiger partial charge in [0.1, 0.15) is 0 Å². The molecule has 1 aliphatic rings. The van der Waals surface area contributed by atoms with Gasteiger partial charge in [0.25, 0.3) is 0 Å². The van der Waals surface area contributed by atoms with Crippen LogP contribution in [0.4, 0.5) is 5.69 Å². The van der Waals surface area contributed by atoms with Gasteiger partial charge in [0.05, 0.1) is 0 Å². The number of anilines is 1. The van der Waals surface area contributed by atoms with Crippen LogP contribution in [0.5, 0.6) is 0 Å². The van der Waals surface area contributed by atoms with Gasteiger partial charge in [0.15, 0.2) is 0 Å². The SMILES string of the molecule is CC1(C)CNC(CCO)CN1c1cccc(Cl)c1. The highest BCUT2D eigenvalue weighted by Crippen LogP contribution is 2.29. The van der Waals surface area contributed by atoms with Crippen LogP contribution < -0.4 is 10.2 Å². The Morgan fingerprint density at radius 3 is 2.94 bits per heavy atom. The van der Waals surface area contributed by atoms with Gasteiger partial charge in [-0.25, -0.2) is 0 Å². The van der Waals surface area contributed by atoms with Gasteiger partial charge in [0, 0.05) is 42.0 Å². The second-order valence-corrected chi connectivity index (χ2v) is 5.93. The van der Waals surface area contributed by atoms with Crippen LogP contribution in [0.25, 0.3) is 0 Å². The van der Waals surface area contributed by atoms with Crippen LogP contribution in [0.3, 0.4) is 0 Å². The van der Waals surface area contributed by atoms with Crippen LogP contribution in [0.2, 0.25) is 5.02 Å². The highest BCUT2D eigenvalue weighted by molar-refractivity contribution is 6.30. The molecule has 1 unspecified atom stereocenters. The normalized spacial score (nSPS) is 23.1. The van der Waals surface area contributed by atoms with Gasteiger partial charge in [-0.15, -0.1) is 0 Å². The van der Waals surface area contributed by atoms with Crippen LogP contribution >= 0.6 is 11.6 Å². The molecule has 18 heavy (non-hydrogen) atoms. The number of piperazine rings is 1. The molecular formula is C14H21ClN2O. The van der Waals surface area contributed by atoms with Crippen LogP contribution in [0, 0.1) is 0 Å². The first kappa shape index (κ1) is 13.7. The summed E-state index contributed by atoms with van der Waals surface area (Å²) in [6, 6.07) is 8.31. The average molecular weight is 269 g/mol. The maximum absolute atomic E-state index is 9.07. The maximum Gasteiger partial charge on any atom is 0.0471 e. The lowest BCUT2D eigenvalue weighted by molar-refractivity contribution is 0.239. The molecule has 0 saturated carbocycles. The molecule has 1 aliphatic heterocycles. The summed E-state index contributed by atoms with van der Waals surface area (Å²) < 4.78 is 0. The number of nitrogens with zero attached hydrogens (tertiary/aromatic N) is 1. The molecule has 2 N–H and O–H groups in total. The van der Waals surface area contributed by atoms with Crippen molar-refractivity contribution in [2.24, 2.45) is 0 Å². The summed E-state index contributed by atoms with van der Waals surface area (Å²) in [5.74, 6) is 0. The second-order valence-electron chi connectivity index (χ2n) is 5.49. The number of rotatable bonds is 3. The first-order valence-electron chi connectivity index (χ1n) is 6.40. The van der Waals surface area contributed by atoms with Crippen LogP contribution in [-0.2, 0) is 0 Å². The summed E-state index contributed by atoms with van der Waals surface area (Å²) >= 11 is 6.07. The number of halogens is 1. The van der Waals surface area contributed by atoms with Gasteiger partial charge >= 0.3 is 0 Å². The molecule has 1 saturated heterocycles. The van der Waals surface area contributed by atoms with Crippen LogP contribution in [0.1, 0.15) is 20.3 Å². The Balaban J connectivity index is 2.21. The van der Waals surface area contributed by atoms with Crippen molar-refractivity contribution in [2.75, 3.05) is 24.6 Å². The Hall–Kier alpha value is -0.770. The molecule has 1 heterocycles. The van der Waals surface area contributed by atoms with Crippen LogP contribution in [0.15, 0.2) is 24.3 Å². The molecule has 0 amide bonds. The predicted octanol–water partition coefficient (Wildman–Crippen LogP) is 2.28. The van der Waals surface area contributed by atoms with E-state index in [1.165, 1.54) is 0 Å². The van der Waals surface area contributed by atoms with E-state index in [1.807, 2.05) is 18.2 Å². The molecule has 100 valence electrons. The van der Waals surface area contributed by atoms with E-state index in [9.17, 15) is 0 Å². The Labute approximate surface area is 114 Å². The van der Waals surface area contributed by atoms with E-state index in [0.717, 1.165) is 30.2 Å². The fourth-order valence-electron chi connectivity index (χ4n) is 2.47. The minimum Gasteiger partial charge on any atom is -0.396 e. The zero-order chi connectivity index (χ0) is 13.2. The van der Waals surface area contributed by atoms with Crippen LogP contribution in [-0.4, -0.2) is 36.4 Å². The van der Waals surface area contributed by atoms with E-state index in [1.54, 1.807) is 0 Å². The fourth-order valence-corrected chi connectivity index (χ4v) is 2.65. The molecule has 0 spiro atoms. The minimum atomic E-state index is 0.0522. The summed E-state index contributed by atoms with van der Waals surface area (Å²) in [7, 11) is 0. The maximum atomic E-state index is 9.07. The molecule has 1 fully saturated rings. The first-order valence-corrected chi connectivity index (χ1v) is 6.78. The zero-order valence-corrected chi connectivity index (χ0v) is 11.7. The largest absolute Gasteiger partial charge is 0.396 e. The van der Waals surface area contributed by atoms with Gasteiger partial charge in [-0.1, -0.05) is 17.7 Å². The summed E-state index contributed by atoms with van der Waals surface area (Å²) in [5.41, 5.74) is 1.20. The van der Waals surface area contributed by atoms with Crippen molar-refractivity contribution in [3.8, 4) is 0 Å². The van der Waals surface area contributed by atoms with Crippen molar-refractivity contribution in [1.29, 1.82) is 0 Å². The number of hydrogen-bond acceptors (Lipinski definition) is 3. The molecule has 0 radical (unpaired) electrons. The van der Waals surface area contributed by atoms with Crippen molar-refractivity contribution in [3.05, 3.63) is 29.3 Å². The Morgan fingerprint density at radius 1 is 1.50 bits per heavy atom. The van der Waals surface area contributed by atoms with Gasteiger partial charge < -0.3 is 15.3 Å². The fraction of sp³-hybridized carbons (Fsp3) is 0.571. The van der Waals surface area contributed by atoms with Gasteiger partial charge in [-0.3, -0.25) is 0 Å². The molecule has 1 aromatic carbocycles. The molecule has 2 rings (SSSR count). The molecule has 0 aliphatic carbocycles. The topological polar surface area (TPSA) is 35.5 Å². The predicted molar refractivity (Wildman–Crippen MR) is 76.4 cm³/mol. The molecule has 1 aromatic rings. The van der Waals surface area contributed by atoms with Gasteiger partial charge in [0.2, 0.25) is 0 Å². The van der Waals surface area contributed by atoms with Crippen molar-refractivity contribution < 1.29 is 5.11 Å². The van der Waals surface area contributed by atoms with E-state index >= 15 is 0 Å². The molecule has 0 aromatic heterocycles. The van der Waals surface area contributed by atoms with Crippen molar-refractivity contribution >= 4 is 17.3 Å². The lowest BCUT2D eigenvalue weighted by atomic mass is 9.95. The quantitative estimate of drug-likeness (QED) is 0.883. The molecular weight excluding hydrogens is 248 g/mol. The smallest absolute Gasteiger partial charge is 0.0471 e. The zero-order valence-electron chi connectivity index (χ0n) is 11.0. The standard InChI is InChI=1S/C14H21ClN2O/c1-14(2)10-16-12(6-7-18)9-17(14)13-5-3-4-11(15)8-13/h3-5,8,12,16,18H,6-7,9-10H2,1-2H3. The summed E-state index contributed by atoms with van der Waals surface area (Å²) in [6.45, 7) is 6.46. The van der Waals surface area contributed by atoms with Crippen molar-refractivity contribution in [3.63, 3.8) is 0 Å². The summed E-state index contributed by atoms with van der Waals surface area (Å²) in [6.07, 6.45) is 0.785. The number of nitrogens with one attached hydrogen (secondary N) is 1. The Morgan fingerprint density at radius 2 is 2.28 bits per heavy atom. The Kier molecular flexibility index (Phi) is 4.15. The van der Waals surface area contributed by atoms with Crippen molar-refractivity contribution in [1.82, 2.24) is 5.32 Å². The highest BCUT2D eigenvalue weighted by atomic mass is 35.5. The number of aliphatic hydroxyl groups is 1. The van der Waals surface area contributed by atoms with E-state index in [4.69, 9.17) is 16.7 Å². The second kappa shape index (κ2) is 5.47. The lowest BCUT2D eigenvalue weighted by Crippen LogP contribution is -2.62. The molecule has 1 atom stereocenters. The third kappa shape index (κ3) is 2.97. The van der Waals surface area contributed by atoms with Gasteiger partial charge in [-0.05, 0) is 38.5 Å². The third-order valence-corrected chi connectivity index (χ3v) is 3.79. The average Bonchev–Trinajstić information content (AvgIpc) is 2.31. The van der Waals surface area contributed by atoms with E-state index < -0.39 is 0 Å². The third-order valence-electron chi connectivity index (χ3n) is 3.55.